The molecule has 1 aliphatic rings. The van der Waals surface area contributed by atoms with E-state index in [0.29, 0.717) is 18.0 Å². The minimum Gasteiger partial charge on any atom is -0.484 e. The lowest BCUT2D eigenvalue weighted by Crippen LogP contribution is -2.41. The van der Waals surface area contributed by atoms with Gasteiger partial charge in [0.1, 0.15) is 11.4 Å². The van der Waals surface area contributed by atoms with Gasteiger partial charge >= 0.3 is 0 Å². The zero-order chi connectivity index (χ0) is 23.2. The topological polar surface area (TPSA) is 84.4 Å². The Labute approximate surface area is 193 Å². The van der Waals surface area contributed by atoms with Gasteiger partial charge in [-0.1, -0.05) is 24.3 Å². The van der Waals surface area contributed by atoms with Crippen LogP contribution in [0.3, 0.4) is 0 Å². The van der Waals surface area contributed by atoms with E-state index in [2.05, 4.69) is 16.4 Å². The zero-order valence-corrected chi connectivity index (χ0v) is 19.0. The number of carbonyl (C=O) groups excluding carboxylic acids is 2. The summed E-state index contributed by atoms with van der Waals surface area (Å²) in [6.45, 7) is 3.36. The fraction of sp³-hybridized carbons (Fsp3) is 0.308. The maximum absolute atomic E-state index is 12.8. The van der Waals surface area contributed by atoms with Crippen molar-refractivity contribution >= 4 is 11.8 Å². The van der Waals surface area contributed by atoms with E-state index in [0.717, 1.165) is 41.9 Å². The molecule has 0 unspecified atom stereocenters. The molecule has 3 aromatic rings. The van der Waals surface area contributed by atoms with Crippen molar-refractivity contribution in [3.8, 4) is 16.9 Å². The van der Waals surface area contributed by atoms with Crippen molar-refractivity contribution in [2.45, 2.75) is 25.7 Å². The maximum Gasteiger partial charge on any atom is 0.269 e. The number of piperidine rings is 1. The summed E-state index contributed by atoms with van der Waals surface area (Å²) in [6.07, 6.45) is 3.61. The summed E-state index contributed by atoms with van der Waals surface area (Å²) in [4.78, 5) is 35.4. The summed E-state index contributed by atoms with van der Waals surface area (Å²) >= 11 is 0. The lowest BCUT2D eigenvalue weighted by molar-refractivity contribution is -0.134. The highest BCUT2D eigenvalue weighted by Gasteiger charge is 2.26. The lowest BCUT2D eigenvalue weighted by Gasteiger charge is -2.32. The van der Waals surface area contributed by atoms with E-state index in [-0.39, 0.29) is 24.3 Å². The molecule has 1 N–H and O–H groups in total. The Hall–Kier alpha value is -3.74. The quantitative estimate of drug-likeness (QED) is 0.628. The van der Waals surface area contributed by atoms with Crippen LogP contribution in [0.5, 0.6) is 5.75 Å². The molecule has 0 spiro atoms. The van der Waals surface area contributed by atoms with Gasteiger partial charge in [-0.05, 0) is 55.7 Å². The number of nitrogens with zero attached hydrogens (tertiary/aromatic N) is 3. The highest BCUT2D eigenvalue weighted by Crippen LogP contribution is 2.29. The lowest BCUT2D eigenvalue weighted by atomic mass is 9.92. The number of carbonyl (C=O) groups is 2. The van der Waals surface area contributed by atoms with Crippen LogP contribution in [0.25, 0.3) is 11.1 Å². The number of hydrogen-bond donors (Lipinski definition) is 1. The molecule has 1 saturated heterocycles. The van der Waals surface area contributed by atoms with Crippen molar-refractivity contribution in [3.05, 3.63) is 77.9 Å². The molecular formula is C26H28N4O3. The molecule has 0 aliphatic carbocycles. The third-order valence-electron chi connectivity index (χ3n) is 5.83. The third-order valence-corrected chi connectivity index (χ3v) is 5.83. The molecule has 7 heteroatoms. The van der Waals surface area contributed by atoms with Crippen molar-refractivity contribution in [2.75, 3.05) is 26.7 Å². The Bertz CT molecular complexity index is 1120. The Morgan fingerprint density at radius 1 is 1.12 bits per heavy atom. The monoisotopic (exact) mass is 444 g/mol. The first-order chi connectivity index (χ1) is 16.0. The molecule has 0 saturated carbocycles. The fourth-order valence-electron chi connectivity index (χ4n) is 4.10. The molecule has 170 valence electrons. The SMILES string of the molecule is CNC(=O)c1ccc(-c2cc(C)nc([C@H]3CCCN(C(=O)COc4ccccc4)C3)c2)cn1. The van der Waals surface area contributed by atoms with Crippen LogP contribution in [0.15, 0.2) is 60.8 Å². The average Bonchev–Trinajstić information content (AvgIpc) is 2.87. The van der Waals surface area contributed by atoms with Gasteiger partial charge in [0.05, 0.1) is 0 Å². The average molecular weight is 445 g/mol. The minimum atomic E-state index is -0.212. The summed E-state index contributed by atoms with van der Waals surface area (Å²) in [5.41, 5.74) is 4.20. The number of pyridine rings is 2. The molecule has 2 amide bonds. The summed E-state index contributed by atoms with van der Waals surface area (Å²) in [6, 6.07) is 17.1. The van der Waals surface area contributed by atoms with Crippen LogP contribution >= 0.6 is 0 Å². The standard InChI is InChI=1S/C26H28N4O3/c1-18-13-21(19-10-11-23(28-15-19)26(32)27-2)14-24(29-18)20-7-6-12-30(16-20)25(31)17-33-22-8-4-3-5-9-22/h3-5,8-11,13-15,20H,6-7,12,16-17H2,1-2H3,(H,27,32)/t20-/m0/s1. The number of aromatic nitrogens is 2. The summed E-state index contributed by atoms with van der Waals surface area (Å²) < 4.78 is 5.65. The fourth-order valence-corrected chi connectivity index (χ4v) is 4.10. The van der Waals surface area contributed by atoms with Gasteiger partial charge in [-0.2, -0.15) is 0 Å². The molecule has 33 heavy (non-hydrogen) atoms. The second-order valence-corrected chi connectivity index (χ2v) is 8.21. The highest BCUT2D eigenvalue weighted by molar-refractivity contribution is 5.92. The molecule has 2 aromatic heterocycles. The second kappa shape index (κ2) is 10.3. The van der Waals surface area contributed by atoms with Crippen molar-refractivity contribution < 1.29 is 14.3 Å². The smallest absolute Gasteiger partial charge is 0.269 e. The van der Waals surface area contributed by atoms with Gasteiger partial charge in [-0.15, -0.1) is 0 Å². The van der Waals surface area contributed by atoms with Crippen LogP contribution < -0.4 is 10.1 Å². The molecule has 1 aromatic carbocycles. The Morgan fingerprint density at radius 2 is 1.94 bits per heavy atom. The first-order valence-corrected chi connectivity index (χ1v) is 11.2. The highest BCUT2D eigenvalue weighted by atomic mass is 16.5. The second-order valence-electron chi connectivity index (χ2n) is 8.21. The maximum atomic E-state index is 12.8. The number of nitrogens with one attached hydrogen (secondary N) is 1. The van der Waals surface area contributed by atoms with Gasteiger partial charge in [-0.25, -0.2) is 0 Å². The summed E-state index contributed by atoms with van der Waals surface area (Å²) in [5.74, 6) is 0.637. The summed E-state index contributed by atoms with van der Waals surface area (Å²) in [7, 11) is 1.59. The molecule has 0 radical (unpaired) electrons. The number of ether oxygens (including phenoxy) is 1. The van der Waals surface area contributed by atoms with Gasteiger partial charge in [0.2, 0.25) is 0 Å². The molecule has 7 nitrogen and oxygen atoms in total. The zero-order valence-electron chi connectivity index (χ0n) is 19.0. The van der Waals surface area contributed by atoms with Crippen molar-refractivity contribution in [2.24, 2.45) is 0 Å². The Morgan fingerprint density at radius 3 is 2.67 bits per heavy atom. The van der Waals surface area contributed by atoms with Gasteiger partial charge in [-0.3, -0.25) is 19.6 Å². The number of amides is 2. The molecule has 1 aliphatic heterocycles. The van der Waals surface area contributed by atoms with E-state index in [9.17, 15) is 9.59 Å². The molecular weight excluding hydrogens is 416 g/mol. The minimum absolute atomic E-state index is 0.00887. The van der Waals surface area contributed by atoms with E-state index >= 15 is 0 Å². The largest absolute Gasteiger partial charge is 0.484 e. The molecule has 0 bridgehead atoms. The number of para-hydroxylation sites is 1. The molecule has 1 fully saturated rings. The predicted octanol–water partition coefficient (Wildman–Crippen LogP) is 3.60. The Kier molecular flexibility index (Phi) is 6.98. The van der Waals surface area contributed by atoms with E-state index in [4.69, 9.17) is 9.72 Å². The molecule has 4 rings (SSSR count). The van der Waals surface area contributed by atoms with Crippen molar-refractivity contribution in [1.29, 1.82) is 0 Å². The van der Waals surface area contributed by atoms with Gasteiger partial charge in [0.25, 0.3) is 11.8 Å². The molecule has 3 heterocycles. The number of benzene rings is 1. The number of rotatable bonds is 6. The van der Waals surface area contributed by atoms with Gasteiger partial charge < -0.3 is 15.0 Å². The first-order valence-electron chi connectivity index (χ1n) is 11.2. The van der Waals surface area contributed by atoms with E-state index in [1.165, 1.54) is 0 Å². The van der Waals surface area contributed by atoms with Gasteiger partial charge in [0, 0.05) is 49.2 Å². The van der Waals surface area contributed by atoms with E-state index in [1.807, 2.05) is 54.3 Å². The number of hydrogen-bond acceptors (Lipinski definition) is 5. The van der Waals surface area contributed by atoms with Crippen LogP contribution in [-0.4, -0.2) is 53.4 Å². The van der Waals surface area contributed by atoms with Crippen molar-refractivity contribution in [1.82, 2.24) is 20.2 Å². The number of likely N-dealkylation sites (tertiary alicyclic amines) is 1. The first kappa shape index (κ1) is 22.5. The van der Waals surface area contributed by atoms with Crippen LogP contribution in [0.1, 0.15) is 40.6 Å². The van der Waals surface area contributed by atoms with E-state index < -0.39 is 0 Å². The van der Waals surface area contributed by atoms with Crippen LogP contribution in [0.2, 0.25) is 0 Å². The number of aryl methyl sites for hydroxylation is 1. The van der Waals surface area contributed by atoms with Gasteiger partial charge in [0.15, 0.2) is 6.61 Å². The predicted molar refractivity (Wildman–Crippen MR) is 126 cm³/mol. The van der Waals surface area contributed by atoms with Crippen LogP contribution in [0, 0.1) is 6.92 Å². The third kappa shape index (κ3) is 5.55. The normalized spacial score (nSPS) is 15.7. The van der Waals surface area contributed by atoms with Crippen molar-refractivity contribution in [3.63, 3.8) is 0 Å². The van der Waals surface area contributed by atoms with Crippen LogP contribution in [-0.2, 0) is 4.79 Å². The molecule has 1 atom stereocenters. The van der Waals surface area contributed by atoms with Crippen LogP contribution in [0.4, 0.5) is 0 Å². The summed E-state index contributed by atoms with van der Waals surface area (Å²) in [5, 5.41) is 2.58. The Balaban J connectivity index is 1.46. The van der Waals surface area contributed by atoms with E-state index in [1.54, 1.807) is 19.3 Å².